The van der Waals surface area contributed by atoms with Crippen molar-refractivity contribution < 1.29 is 4.79 Å². The molecule has 0 atom stereocenters. The lowest BCUT2D eigenvalue weighted by Crippen LogP contribution is -2.26. The van der Waals surface area contributed by atoms with Gasteiger partial charge in [-0.1, -0.05) is 6.07 Å². The van der Waals surface area contributed by atoms with Crippen LogP contribution in [0.15, 0.2) is 30.5 Å². The largest absolute Gasteiger partial charge is 0.353 e. The number of benzene rings is 1. The number of nitriles is 1. The summed E-state index contributed by atoms with van der Waals surface area (Å²) in [7, 11) is 0. The quantitative estimate of drug-likeness (QED) is 0.908. The van der Waals surface area contributed by atoms with E-state index in [-0.39, 0.29) is 5.91 Å². The van der Waals surface area contributed by atoms with Crippen molar-refractivity contribution in [3.63, 3.8) is 0 Å². The molecule has 0 unspecified atom stereocenters. The van der Waals surface area contributed by atoms with Gasteiger partial charge in [-0.05, 0) is 31.0 Å². The van der Waals surface area contributed by atoms with Crippen LogP contribution in [-0.2, 0) is 11.3 Å². The van der Waals surface area contributed by atoms with Crippen LogP contribution in [0.4, 0.5) is 0 Å². The molecule has 96 valence electrons. The van der Waals surface area contributed by atoms with E-state index in [9.17, 15) is 4.79 Å². The number of aryl methyl sites for hydroxylation is 1. The molecular weight excluding hydrogens is 238 g/mol. The smallest absolute Gasteiger partial charge is 0.222 e. The molecule has 0 radical (unpaired) electrons. The molecule has 0 bridgehead atoms. The van der Waals surface area contributed by atoms with Gasteiger partial charge in [0.15, 0.2) is 0 Å². The van der Waals surface area contributed by atoms with E-state index in [0.29, 0.717) is 24.6 Å². The minimum absolute atomic E-state index is 0.112. The Kier molecular flexibility index (Phi) is 2.96. The Balaban J connectivity index is 1.74. The van der Waals surface area contributed by atoms with Crippen LogP contribution in [-0.4, -0.2) is 16.5 Å². The molecule has 1 aromatic carbocycles. The minimum atomic E-state index is 0.112. The third-order valence-electron chi connectivity index (χ3n) is 3.46. The fourth-order valence-electron chi connectivity index (χ4n) is 2.27. The Bertz CT molecular complexity index is 662. The van der Waals surface area contributed by atoms with Gasteiger partial charge < -0.3 is 9.88 Å². The van der Waals surface area contributed by atoms with Crippen LogP contribution < -0.4 is 5.32 Å². The van der Waals surface area contributed by atoms with Crippen LogP contribution in [0.2, 0.25) is 0 Å². The first-order chi connectivity index (χ1) is 9.28. The fraction of sp³-hybridized carbons (Fsp3) is 0.333. The van der Waals surface area contributed by atoms with Crippen molar-refractivity contribution in [3.05, 3.63) is 36.0 Å². The topological polar surface area (TPSA) is 57.8 Å². The molecule has 1 amide bonds. The first kappa shape index (κ1) is 11.8. The Morgan fingerprint density at radius 1 is 1.42 bits per heavy atom. The third kappa shape index (κ3) is 2.45. The van der Waals surface area contributed by atoms with Crippen LogP contribution in [0.25, 0.3) is 10.9 Å². The number of nitrogens with zero attached hydrogens (tertiary/aromatic N) is 2. The molecule has 3 rings (SSSR count). The molecule has 0 aliphatic heterocycles. The molecule has 0 spiro atoms. The van der Waals surface area contributed by atoms with Crippen molar-refractivity contribution in [2.24, 2.45) is 0 Å². The van der Waals surface area contributed by atoms with Gasteiger partial charge in [-0.2, -0.15) is 5.26 Å². The molecule has 4 nitrogen and oxygen atoms in total. The van der Waals surface area contributed by atoms with E-state index >= 15 is 0 Å². The second-order valence-electron chi connectivity index (χ2n) is 4.95. The predicted octanol–water partition coefficient (Wildman–Crippen LogP) is 2.18. The highest BCUT2D eigenvalue weighted by Crippen LogP contribution is 2.21. The zero-order valence-electron chi connectivity index (χ0n) is 10.6. The zero-order chi connectivity index (χ0) is 13.2. The fourth-order valence-corrected chi connectivity index (χ4v) is 2.27. The monoisotopic (exact) mass is 253 g/mol. The maximum Gasteiger partial charge on any atom is 0.222 e. The Labute approximate surface area is 111 Å². The standard InChI is InChI=1S/C15H15N3O/c16-10-11-2-1-3-14-13(11)6-8-18(14)9-7-15(19)17-12-4-5-12/h1-3,6,8,12H,4-5,7,9H2,(H,17,19). The first-order valence-electron chi connectivity index (χ1n) is 6.55. The first-order valence-corrected chi connectivity index (χ1v) is 6.55. The molecule has 1 aliphatic carbocycles. The van der Waals surface area contributed by atoms with E-state index < -0.39 is 0 Å². The van der Waals surface area contributed by atoms with Crippen LogP contribution in [0.3, 0.4) is 0 Å². The molecule has 1 aliphatic rings. The number of hydrogen-bond acceptors (Lipinski definition) is 2. The Hall–Kier alpha value is -2.28. The van der Waals surface area contributed by atoms with E-state index in [1.54, 1.807) is 0 Å². The normalized spacial score (nSPS) is 14.3. The van der Waals surface area contributed by atoms with E-state index in [1.165, 1.54) is 0 Å². The van der Waals surface area contributed by atoms with Gasteiger partial charge in [-0.25, -0.2) is 0 Å². The number of carbonyl (C=O) groups is 1. The van der Waals surface area contributed by atoms with Gasteiger partial charge in [-0.15, -0.1) is 0 Å². The van der Waals surface area contributed by atoms with Crippen LogP contribution in [0.1, 0.15) is 24.8 Å². The summed E-state index contributed by atoms with van der Waals surface area (Å²) in [6.07, 6.45) is 4.65. The summed E-state index contributed by atoms with van der Waals surface area (Å²) in [6.45, 7) is 0.650. The summed E-state index contributed by atoms with van der Waals surface area (Å²) >= 11 is 0. The van der Waals surface area contributed by atoms with Crippen molar-refractivity contribution in [1.82, 2.24) is 9.88 Å². The molecule has 1 N–H and O–H groups in total. The number of fused-ring (bicyclic) bond motifs is 1. The number of rotatable bonds is 4. The Morgan fingerprint density at radius 3 is 3.00 bits per heavy atom. The summed E-state index contributed by atoms with van der Waals surface area (Å²) in [5.41, 5.74) is 1.69. The molecule has 2 aromatic rings. The lowest BCUT2D eigenvalue weighted by Gasteiger charge is -2.06. The van der Waals surface area contributed by atoms with Crippen LogP contribution in [0.5, 0.6) is 0 Å². The summed E-state index contributed by atoms with van der Waals surface area (Å²) in [5, 5.41) is 13.0. The highest BCUT2D eigenvalue weighted by atomic mass is 16.1. The maximum absolute atomic E-state index is 11.7. The van der Waals surface area contributed by atoms with E-state index in [0.717, 1.165) is 23.7 Å². The molecule has 1 aromatic heterocycles. The van der Waals surface area contributed by atoms with Crippen molar-refractivity contribution in [2.45, 2.75) is 31.8 Å². The third-order valence-corrected chi connectivity index (χ3v) is 3.46. The van der Waals surface area contributed by atoms with Crippen LogP contribution in [0, 0.1) is 11.3 Å². The number of aromatic nitrogens is 1. The molecular formula is C15H15N3O. The van der Waals surface area contributed by atoms with E-state index in [2.05, 4.69) is 11.4 Å². The van der Waals surface area contributed by atoms with Gasteiger partial charge in [0.1, 0.15) is 0 Å². The van der Waals surface area contributed by atoms with E-state index in [4.69, 9.17) is 5.26 Å². The number of amides is 1. The number of hydrogen-bond donors (Lipinski definition) is 1. The second-order valence-corrected chi connectivity index (χ2v) is 4.95. The predicted molar refractivity (Wildman–Crippen MR) is 72.4 cm³/mol. The summed E-state index contributed by atoms with van der Waals surface area (Å²) < 4.78 is 2.03. The average molecular weight is 253 g/mol. The van der Waals surface area contributed by atoms with Crippen LogP contribution >= 0.6 is 0 Å². The highest BCUT2D eigenvalue weighted by molar-refractivity contribution is 5.86. The molecule has 0 saturated heterocycles. The second kappa shape index (κ2) is 4.77. The molecule has 1 heterocycles. The number of carbonyl (C=O) groups excluding carboxylic acids is 1. The summed E-state index contributed by atoms with van der Waals surface area (Å²) in [5.74, 6) is 0.112. The van der Waals surface area contributed by atoms with Gasteiger partial charge in [0, 0.05) is 36.1 Å². The van der Waals surface area contributed by atoms with E-state index in [1.807, 2.05) is 35.0 Å². The van der Waals surface area contributed by atoms with Crippen molar-refractivity contribution >= 4 is 16.8 Å². The minimum Gasteiger partial charge on any atom is -0.353 e. The summed E-state index contributed by atoms with van der Waals surface area (Å²) in [6, 6.07) is 10.2. The van der Waals surface area contributed by atoms with Gasteiger partial charge in [0.25, 0.3) is 0 Å². The zero-order valence-corrected chi connectivity index (χ0v) is 10.6. The van der Waals surface area contributed by atoms with Crippen molar-refractivity contribution in [1.29, 1.82) is 5.26 Å². The molecule has 4 heteroatoms. The summed E-state index contributed by atoms with van der Waals surface area (Å²) in [4.78, 5) is 11.7. The molecule has 19 heavy (non-hydrogen) atoms. The molecule has 1 fully saturated rings. The lowest BCUT2D eigenvalue weighted by atomic mass is 10.1. The number of nitrogens with one attached hydrogen (secondary N) is 1. The van der Waals surface area contributed by atoms with Crippen molar-refractivity contribution in [3.8, 4) is 6.07 Å². The maximum atomic E-state index is 11.7. The van der Waals surface area contributed by atoms with Gasteiger partial charge in [0.05, 0.1) is 11.6 Å². The van der Waals surface area contributed by atoms with Gasteiger partial charge >= 0.3 is 0 Å². The van der Waals surface area contributed by atoms with Gasteiger partial charge in [0.2, 0.25) is 5.91 Å². The lowest BCUT2D eigenvalue weighted by molar-refractivity contribution is -0.121. The SMILES string of the molecule is N#Cc1cccc2c1ccn2CCC(=O)NC1CC1. The van der Waals surface area contributed by atoms with Gasteiger partial charge in [-0.3, -0.25) is 4.79 Å². The van der Waals surface area contributed by atoms with Crippen molar-refractivity contribution in [2.75, 3.05) is 0 Å². The Morgan fingerprint density at radius 2 is 2.26 bits per heavy atom. The highest BCUT2D eigenvalue weighted by Gasteiger charge is 2.22. The molecule has 1 saturated carbocycles. The average Bonchev–Trinajstić information content (AvgIpc) is 3.13.